The van der Waals surface area contributed by atoms with Crippen LogP contribution in [0.3, 0.4) is 0 Å². The summed E-state index contributed by atoms with van der Waals surface area (Å²) in [6.45, 7) is 1.78. The number of H-pyrrole nitrogens is 1. The molecule has 0 spiro atoms. The van der Waals surface area contributed by atoms with Crippen molar-refractivity contribution in [3.63, 3.8) is 0 Å². The molecule has 3 rings (SSSR count). The zero-order valence-corrected chi connectivity index (χ0v) is 10.3. The Morgan fingerprint density at radius 1 is 1.32 bits per heavy atom. The summed E-state index contributed by atoms with van der Waals surface area (Å²) in [5.74, 6) is -0.373. The van der Waals surface area contributed by atoms with E-state index in [1.165, 1.54) is 23.3 Å². The summed E-state index contributed by atoms with van der Waals surface area (Å²) in [5, 5.41) is 0.866. The zero-order valence-electron chi connectivity index (χ0n) is 10.3. The van der Waals surface area contributed by atoms with Crippen LogP contribution >= 0.6 is 0 Å². The van der Waals surface area contributed by atoms with E-state index in [0.29, 0.717) is 5.56 Å². The Morgan fingerprint density at radius 3 is 2.84 bits per heavy atom. The summed E-state index contributed by atoms with van der Waals surface area (Å²) in [6.07, 6.45) is 4.41. The highest BCUT2D eigenvalue weighted by Crippen LogP contribution is 2.17. The molecule has 0 aliphatic carbocycles. The fraction of sp³-hybridized carbons (Fsp3) is 0.0714. The minimum atomic E-state index is -0.380. The molecule has 5 nitrogen and oxygen atoms in total. The molecule has 0 bridgehead atoms. The molecule has 1 N–H and O–H groups in total. The van der Waals surface area contributed by atoms with Crippen molar-refractivity contribution in [2.24, 2.45) is 0 Å². The van der Waals surface area contributed by atoms with Crippen molar-refractivity contribution >= 4 is 16.8 Å². The second kappa shape index (κ2) is 4.20. The van der Waals surface area contributed by atoms with E-state index in [0.717, 1.165) is 10.9 Å². The van der Waals surface area contributed by atoms with Gasteiger partial charge in [-0.2, -0.15) is 0 Å². The zero-order chi connectivity index (χ0) is 13.4. The third kappa shape index (κ3) is 1.76. The number of carbonyl (C=O) groups excluding carboxylic acids is 1. The molecule has 0 radical (unpaired) electrons. The van der Waals surface area contributed by atoms with E-state index in [2.05, 4.69) is 9.97 Å². The molecule has 0 aliphatic rings. The average Bonchev–Trinajstić information content (AvgIpc) is 2.92. The van der Waals surface area contributed by atoms with E-state index in [9.17, 15) is 9.59 Å². The molecule has 0 fully saturated rings. The number of aromatic nitrogens is 3. The van der Waals surface area contributed by atoms with Gasteiger partial charge in [-0.15, -0.1) is 0 Å². The number of imidazole rings is 1. The molecule has 3 aromatic rings. The standard InChI is InChI=1S/C14H11N3O2/c1-9-10-4-2-3-5-11(10)16-13(18)12(9)14(19)17-7-6-15-8-17/h2-8H,1H3,(H,16,18). The largest absolute Gasteiger partial charge is 0.321 e. The molecule has 0 aliphatic heterocycles. The summed E-state index contributed by atoms with van der Waals surface area (Å²) < 4.78 is 1.30. The lowest BCUT2D eigenvalue weighted by molar-refractivity contribution is 0.0958. The van der Waals surface area contributed by atoms with Crippen molar-refractivity contribution < 1.29 is 4.79 Å². The maximum absolute atomic E-state index is 12.3. The van der Waals surface area contributed by atoms with E-state index in [1.807, 2.05) is 24.3 Å². The van der Waals surface area contributed by atoms with Crippen molar-refractivity contribution in [3.8, 4) is 0 Å². The highest BCUT2D eigenvalue weighted by atomic mass is 16.2. The third-order valence-electron chi connectivity index (χ3n) is 3.13. The number of nitrogens with one attached hydrogen (secondary N) is 1. The van der Waals surface area contributed by atoms with Gasteiger partial charge in [-0.25, -0.2) is 4.98 Å². The topological polar surface area (TPSA) is 67.8 Å². The second-order valence-electron chi connectivity index (χ2n) is 4.27. The first-order valence-electron chi connectivity index (χ1n) is 5.83. The number of aromatic amines is 1. The molecule has 2 aromatic heterocycles. The van der Waals surface area contributed by atoms with E-state index < -0.39 is 0 Å². The summed E-state index contributed by atoms with van der Waals surface area (Å²) in [7, 11) is 0. The van der Waals surface area contributed by atoms with Crippen LogP contribution in [0.25, 0.3) is 10.9 Å². The first-order valence-corrected chi connectivity index (χ1v) is 5.83. The van der Waals surface area contributed by atoms with Crippen molar-refractivity contribution in [1.29, 1.82) is 0 Å². The highest BCUT2D eigenvalue weighted by Gasteiger charge is 2.17. The van der Waals surface area contributed by atoms with Crippen molar-refractivity contribution in [2.45, 2.75) is 6.92 Å². The number of hydrogen-bond acceptors (Lipinski definition) is 3. The van der Waals surface area contributed by atoms with Crippen molar-refractivity contribution in [2.75, 3.05) is 0 Å². The summed E-state index contributed by atoms with van der Waals surface area (Å²) in [6, 6.07) is 7.41. The number of hydrogen-bond donors (Lipinski definition) is 1. The number of aryl methyl sites for hydroxylation is 1. The molecular weight excluding hydrogens is 242 g/mol. The van der Waals surface area contributed by atoms with Gasteiger partial charge in [0.25, 0.3) is 11.5 Å². The molecule has 1 aromatic carbocycles. The first-order chi connectivity index (χ1) is 9.18. The maximum Gasteiger partial charge on any atom is 0.269 e. The van der Waals surface area contributed by atoms with Gasteiger partial charge in [0.2, 0.25) is 0 Å². The fourth-order valence-electron chi connectivity index (χ4n) is 2.17. The minimum absolute atomic E-state index is 0.150. The van der Waals surface area contributed by atoms with Gasteiger partial charge in [0.15, 0.2) is 0 Å². The van der Waals surface area contributed by atoms with Gasteiger partial charge < -0.3 is 4.98 Å². The molecule has 19 heavy (non-hydrogen) atoms. The molecule has 94 valence electrons. The van der Waals surface area contributed by atoms with E-state index in [4.69, 9.17) is 0 Å². The number of nitrogens with zero attached hydrogens (tertiary/aromatic N) is 2. The molecule has 0 unspecified atom stereocenters. The van der Waals surface area contributed by atoms with Crippen LogP contribution in [-0.4, -0.2) is 20.4 Å². The van der Waals surface area contributed by atoms with Gasteiger partial charge in [0.05, 0.1) is 0 Å². The Morgan fingerprint density at radius 2 is 2.11 bits per heavy atom. The highest BCUT2D eigenvalue weighted by molar-refractivity contribution is 6.00. The smallest absolute Gasteiger partial charge is 0.269 e. The Kier molecular flexibility index (Phi) is 2.52. The lowest BCUT2D eigenvalue weighted by Gasteiger charge is -2.07. The van der Waals surface area contributed by atoms with Crippen LogP contribution < -0.4 is 5.56 Å². The SMILES string of the molecule is Cc1c(C(=O)n2ccnc2)c(=O)[nH]c2ccccc12. The minimum Gasteiger partial charge on any atom is -0.321 e. The Bertz CT molecular complexity index is 816. The molecule has 0 amide bonds. The van der Waals surface area contributed by atoms with Crippen LogP contribution in [0.4, 0.5) is 0 Å². The molecule has 2 heterocycles. The quantitative estimate of drug-likeness (QED) is 0.718. The number of fused-ring (bicyclic) bond motifs is 1. The normalized spacial score (nSPS) is 10.8. The van der Waals surface area contributed by atoms with Crippen LogP contribution in [0.15, 0.2) is 47.8 Å². The number of pyridine rings is 1. The Balaban J connectivity index is 2.30. The molecular formula is C14H11N3O2. The predicted molar refractivity (Wildman–Crippen MR) is 71.3 cm³/mol. The van der Waals surface area contributed by atoms with Crippen LogP contribution in [0.5, 0.6) is 0 Å². The van der Waals surface area contributed by atoms with Crippen LogP contribution in [-0.2, 0) is 0 Å². The molecule has 0 atom stereocenters. The lowest BCUT2D eigenvalue weighted by Crippen LogP contribution is -2.24. The monoisotopic (exact) mass is 253 g/mol. The maximum atomic E-state index is 12.3. The summed E-state index contributed by atoms with van der Waals surface area (Å²) in [5.41, 5.74) is 1.18. The first kappa shape index (κ1) is 11.4. The van der Waals surface area contributed by atoms with Gasteiger partial charge in [0.1, 0.15) is 11.9 Å². The van der Waals surface area contributed by atoms with Crippen LogP contribution in [0.1, 0.15) is 15.9 Å². The summed E-state index contributed by atoms with van der Waals surface area (Å²) in [4.78, 5) is 30.9. The van der Waals surface area contributed by atoms with Gasteiger partial charge in [-0.05, 0) is 18.6 Å². The molecule has 0 saturated carbocycles. The van der Waals surface area contributed by atoms with Crippen LogP contribution in [0.2, 0.25) is 0 Å². The fourth-order valence-corrected chi connectivity index (χ4v) is 2.17. The molecule has 0 saturated heterocycles. The average molecular weight is 253 g/mol. The lowest BCUT2D eigenvalue weighted by atomic mass is 10.0. The molecule has 5 heteroatoms. The number of para-hydroxylation sites is 1. The second-order valence-corrected chi connectivity index (χ2v) is 4.27. The Labute approximate surface area is 108 Å². The van der Waals surface area contributed by atoms with Crippen LogP contribution in [0, 0.1) is 6.92 Å². The van der Waals surface area contributed by atoms with E-state index in [-0.39, 0.29) is 17.0 Å². The number of rotatable bonds is 1. The Hall–Kier alpha value is -2.69. The number of benzene rings is 1. The van der Waals surface area contributed by atoms with Gasteiger partial charge in [-0.3, -0.25) is 14.2 Å². The third-order valence-corrected chi connectivity index (χ3v) is 3.13. The van der Waals surface area contributed by atoms with Gasteiger partial charge in [-0.1, -0.05) is 18.2 Å². The van der Waals surface area contributed by atoms with Gasteiger partial charge >= 0.3 is 0 Å². The van der Waals surface area contributed by atoms with E-state index in [1.54, 1.807) is 6.92 Å². The predicted octanol–water partition coefficient (Wildman–Crippen LogP) is 1.72. The van der Waals surface area contributed by atoms with Crippen molar-refractivity contribution in [3.05, 3.63) is 64.5 Å². The summed E-state index contributed by atoms with van der Waals surface area (Å²) >= 11 is 0. The van der Waals surface area contributed by atoms with E-state index >= 15 is 0 Å². The number of carbonyl (C=O) groups is 1. The van der Waals surface area contributed by atoms with Crippen molar-refractivity contribution in [1.82, 2.24) is 14.5 Å². The van der Waals surface area contributed by atoms with Gasteiger partial charge in [0, 0.05) is 23.3 Å².